The van der Waals surface area contributed by atoms with Crippen molar-refractivity contribution >= 4 is 10.0 Å². The summed E-state index contributed by atoms with van der Waals surface area (Å²) in [5.41, 5.74) is 0. The Kier molecular flexibility index (Phi) is 4.70. The number of fused-ring (bicyclic) bond motifs is 1. The van der Waals surface area contributed by atoms with E-state index < -0.39 is 10.0 Å². The van der Waals surface area contributed by atoms with E-state index in [1.54, 1.807) is 28.6 Å². The van der Waals surface area contributed by atoms with Gasteiger partial charge >= 0.3 is 0 Å². The zero-order valence-corrected chi connectivity index (χ0v) is 13.7. The molecule has 0 aromatic heterocycles. The molecular formula is C16H23NO4S. The van der Waals surface area contributed by atoms with E-state index in [0.717, 1.165) is 25.7 Å². The van der Waals surface area contributed by atoms with Crippen molar-refractivity contribution in [2.45, 2.75) is 49.6 Å². The molecule has 0 radical (unpaired) electrons. The maximum Gasteiger partial charge on any atom is 0.243 e. The molecule has 22 heavy (non-hydrogen) atoms. The van der Waals surface area contributed by atoms with E-state index in [1.165, 1.54) is 0 Å². The number of rotatable bonds is 4. The van der Waals surface area contributed by atoms with Crippen LogP contribution in [0.5, 0.6) is 5.75 Å². The fraction of sp³-hybridized carbons (Fsp3) is 0.625. The lowest BCUT2D eigenvalue weighted by atomic mass is 9.91. The van der Waals surface area contributed by atoms with Crippen LogP contribution in [-0.4, -0.2) is 44.6 Å². The van der Waals surface area contributed by atoms with Crippen LogP contribution >= 0.6 is 0 Å². The first-order valence-corrected chi connectivity index (χ1v) is 9.43. The molecule has 1 aromatic rings. The summed E-state index contributed by atoms with van der Waals surface area (Å²) < 4.78 is 38.7. The fourth-order valence-electron chi connectivity index (χ4n) is 3.37. The van der Waals surface area contributed by atoms with Crippen LogP contribution in [0.3, 0.4) is 0 Å². The molecule has 0 bridgehead atoms. The van der Waals surface area contributed by atoms with E-state index in [9.17, 15) is 8.42 Å². The van der Waals surface area contributed by atoms with Crippen molar-refractivity contribution in [2.75, 3.05) is 19.8 Å². The van der Waals surface area contributed by atoms with Gasteiger partial charge < -0.3 is 9.47 Å². The first kappa shape index (κ1) is 15.8. The summed E-state index contributed by atoms with van der Waals surface area (Å²) in [6.07, 6.45) is 4.10. The maximum atomic E-state index is 12.9. The molecule has 0 spiro atoms. The predicted octanol–water partition coefficient (Wildman–Crippen LogP) is 2.42. The highest BCUT2D eigenvalue weighted by molar-refractivity contribution is 7.89. The van der Waals surface area contributed by atoms with Crippen LogP contribution in [0.15, 0.2) is 29.2 Å². The van der Waals surface area contributed by atoms with Crippen molar-refractivity contribution in [3.63, 3.8) is 0 Å². The van der Waals surface area contributed by atoms with Crippen LogP contribution in [0.4, 0.5) is 0 Å². The third-order valence-electron chi connectivity index (χ3n) is 4.42. The predicted molar refractivity (Wildman–Crippen MR) is 83.5 cm³/mol. The molecule has 2 fully saturated rings. The van der Waals surface area contributed by atoms with E-state index in [4.69, 9.17) is 9.47 Å². The van der Waals surface area contributed by atoms with Crippen LogP contribution in [0.25, 0.3) is 0 Å². The summed E-state index contributed by atoms with van der Waals surface area (Å²) in [6, 6.07) is 6.69. The normalized spacial score (nSPS) is 26.4. The second kappa shape index (κ2) is 6.56. The van der Waals surface area contributed by atoms with Gasteiger partial charge in [0.2, 0.25) is 10.0 Å². The third kappa shape index (κ3) is 3.00. The third-order valence-corrected chi connectivity index (χ3v) is 6.36. The highest BCUT2D eigenvalue weighted by Gasteiger charge is 2.40. The molecule has 122 valence electrons. The summed E-state index contributed by atoms with van der Waals surface area (Å²) in [4.78, 5) is 0.335. The van der Waals surface area contributed by atoms with Crippen LogP contribution in [-0.2, 0) is 14.8 Å². The van der Waals surface area contributed by atoms with Crippen LogP contribution in [0.2, 0.25) is 0 Å². The van der Waals surface area contributed by atoms with Gasteiger partial charge in [0, 0.05) is 6.54 Å². The van der Waals surface area contributed by atoms with Gasteiger partial charge in [0.05, 0.1) is 30.3 Å². The minimum Gasteiger partial charge on any atom is -0.494 e. The van der Waals surface area contributed by atoms with Crippen molar-refractivity contribution in [3.8, 4) is 5.75 Å². The van der Waals surface area contributed by atoms with Gasteiger partial charge in [-0.05, 0) is 44.0 Å². The molecule has 6 heteroatoms. The first-order chi connectivity index (χ1) is 10.6. The number of nitrogens with zero attached hydrogens (tertiary/aromatic N) is 1. The number of morpholine rings is 1. The minimum atomic E-state index is -3.47. The molecule has 5 nitrogen and oxygen atoms in total. The molecule has 0 N–H and O–H groups in total. The molecule has 1 saturated carbocycles. The average molecular weight is 325 g/mol. The Morgan fingerprint density at radius 2 is 1.95 bits per heavy atom. The molecule has 1 aromatic carbocycles. The highest BCUT2D eigenvalue weighted by atomic mass is 32.2. The van der Waals surface area contributed by atoms with Gasteiger partial charge in [-0.3, -0.25) is 0 Å². The number of benzene rings is 1. The molecule has 2 atom stereocenters. The minimum absolute atomic E-state index is 0.0148. The first-order valence-electron chi connectivity index (χ1n) is 7.99. The van der Waals surface area contributed by atoms with Gasteiger partial charge in [-0.1, -0.05) is 12.8 Å². The van der Waals surface area contributed by atoms with Crippen molar-refractivity contribution in [2.24, 2.45) is 0 Å². The van der Waals surface area contributed by atoms with Gasteiger partial charge in [0.1, 0.15) is 5.75 Å². The van der Waals surface area contributed by atoms with Gasteiger partial charge in [-0.15, -0.1) is 0 Å². The Balaban J connectivity index is 1.84. The van der Waals surface area contributed by atoms with Crippen LogP contribution in [0.1, 0.15) is 32.6 Å². The molecule has 2 unspecified atom stereocenters. The number of hydrogen-bond acceptors (Lipinski definition) is 4. The molecule has 1 aliphatic heterocycles. The number of sulfonamides is 1. The van der Waals surface area contributed by atoms with E-state index >= 15 is 0 Å². The molecule has 2 aliphatic rings. The summed E-state index contributed by atoms with van der Waals surface area (Å²) in [5.74, 6) is 0.693. The van der Waals surface area contributed by atoms with E-state index in [2.05, 4.69) is 0 Å². The number of hydrogen-bond donors (Lipinski definition) is 0. The molecule has 1 saturated heterocycles. The topological polar surface area (TPSA) is 55.8 Å². The van der Waals surface area contributed by atoms with Crippen molar-refractivity contribution in [1.29, 1.82) is 0 Å². The lowest BCUT2D eigenvalue weighted by Gasteiger charge is -2.42. The van der Waals surface area contributed by atoms with E-state index in [-0.39, 0.29) is 12.1 Å². The van der Waals surface area contributed by atoms with Gasteiger partial charge in [0.15, 0.2) is 0 Å². The molecule has 3 rings (SSSR count). The maximum absolute atomic E-state index is 12.9. The van der Waals surface area contributed by atoms with Crippen molar-refractivity contribution in [1.82, 2.24) is 4.31 Å². The highest BCUT2D eigenvalue weighted by Crippen LogP contribution is 2.32. The van der Waals surface area contributed by atoms with E-state index in [1.807, 2.05) is 6.92 Å². The number of ether oxygens (including phenoxy) is 2. The largest absolute Gasteiger partial charge is 0.494 e. The second-order valence-electron chi connectivity index (χ2n) is 5.78. The Labute approximate surface area is 132 Å². The van der Waals surface area contributed by atoms with E-state index in [0.29, 0.717) is 30.4 Å². The quantitative estimate of drug-likeness (QED) is 0.853. The Hall–Kier alpha value is -1.11. The summed E-state index contributed by atoms with van der Waals surface area (Å²) in [5, 5.41) is 0. The molecule has 0 amide bonds. The van der Waals surface area contributed by atoms with Crippen molar-refractivity contribution in [3.05, 3.63) is 24.3 Å². The molecule has 1 heterocycles. The zero-order valence-electron chi connectivity index (χ0n) is 12.9. The standard InChI is InChI=1S/C16H23NO4S/c1-2-20-13-7-9-14(10-8-13)22(18,19)17-11-12-21-16-6-4-3-5-15(16)17/h7-10,15-16H,2-6,11-12H2,1H3. The summed E-state index contributed by atoms with van der Waals surface area (Å²) in [6.45, 7) is 3.40. The molecular weight excluding hydrogens is 302 g/mol. The fourth-order valence-corrected chi connectivity index (χ4v) is 5.03. The van der Waals surface area contributed by atoms with Gasteiger partial charge in [-0.25, -0.2) is 8.42 Å². The van der Waals surface area contributed by atoms with Gasteiger partial charge in [0.25, 0.3) is 0 Å². The zero-order chi connectivity index (χ0) is 15.6. The summed E-state index contributed by atoms with van der Waals surface area (Å²) in [7, 11) is -3.47. The average Bonchev–Trinajstić information content (AvgIpc) is 2.55. The Morgan fingerprint density at radius 1 is 1.23 bits per heavy atom. The monoisotopic (exact) mass is 325 g/mol. The SMILES string of the molecule is CCOc1ccc(S(=O)(=O)N2CCOC3CCCCC32)cc1. The summed E-state index contributed by atoms with van der Waals surface area (Å²) >= 11 is 0. The second-order valence-corrected chi connectivity index (χ2v) is 7.67. The lowest BCUT2D eigenvalue weighted by molar-refractivity contribution is -0.0586. The van der Waals surface area contributed by atoms with Crippen molar-refractivity contribution < 1.29 is 17.9 Å². The van der Waals surface area contributed by atoms with Crippen LogP contribution in [0, 0.1) is 0 Å². The van der Waals surface area contributed by atoms with Gasteiger partial charge in [-0.2, -0.15) is 4.31 Å². The smallest absolute Gasteiger partial charge is 0.243 e. The van der Waals surface area contributed by atoms with Crippen LogP contribution < -0.4 is 4.74 Å². The lowest BCUT2D eigenvalue weighted by Crippen LogP contribution is -2.54. The molecule has 1 aliphatic carbocycles. The Bertz CT molecular complexity index is 597. The Morgan fingerprint density at radius 3 is 2.68 bits per heavy atom.